The Morgan fingerprint density at radius 2 is 0.930 bits per heavy atom. The van der Waals surface area contributed by atoms with Crippen LogP contribution in [0.3, 0.4) is 0 Å². The van der Waals surface area contributed by atoms with Crippen molar-refractivity contribution in [2.45, 2.75) is 0 Å². The van der Waals surface area contributed by atoms with Crippen LogP contribution in [0.1, 0.15) is 0 Å². The molecule has 57 heavy (non-hydrogen) atoms. The SMILES string of the molecule is c1ccc(-c2cccc(N(c3ccc4c(c3)oc3ccc5ccccc5c34)c3ccc4c(c3)c3c5ccccc5ccc3n4-c3cccc4ccccc34)c2)cc1. The molecule has 0 amide bonds. The molecule has 12 rings (SSSR count). The van der Waals surface area contributed by atoms with Gasteiger partial charge < -0.3 is 13.9 Å². The standard InChI is InChI=1S/C54H34N2O/c1-2-12-35(13-3-1)39-18-10-19-40(32-39)55(42-26-28-46-52(34-42)57-51-31-25-38-16-6-9-22-45(38)54(46)51)41-27-30-49-47(33-41)53-44-21-8-5-15-37(44)24-29-50(53)56(49)48-23-11-17-36-14-4-7-20-43(36)48/h1-34H. The number of rotatable bonds is 5. The largest absolute Gasteiger partial charge is 0.456 e. The van der Waals surface area contributed by atoms with Gasteiger partial charge in [0.2, 0.25) is 0 Å². The third-order valence-corrected chi connectivity index (χ3v) is 11.7. The normalized spacial score (nSPS) is 11.9. The second-order valence-corrected chi connectivity index (χ2v) is 14.9. The summed E-state index contributed by atoms with van der Waals surface area (Å²) in [6.45, 7) is 0. The minimum absolute atomic E-state index is 0.864. The van der Waals surface area contributed by atoms with E-state index < -0.39 is 0 Å². The predicted molar refractivity (Wildman–Crippen MR) is 241 cm³/mol. The molecule has 0 fully saturated rings. The van der Waals surface area contributed by atoms with Crippen molar-refractivity contribution in [3.63, 3.8) is 0 Å². The van der Waals surface area contributed by atoms with Crippen molar-refractivity contribution in [1.29, 1.82) is 0 Å². The number of furan rings is 1. The second-order valence-electron chi connectivity index (χ2n) is 14.9. The molecule has 12 aromatic rings. The summed E-state index contributed by atoms with van der Waals surface area (Å²) in [6, 6.07) is 74.5. The molecule has 3 nitrogen and oxygen atoms in total. The number of nitrogens with zero attached hydrogens (tertiary/aromatic N) is 2. The van der Waals surface area contributed by atoms with Crippen LogP contribution in [-0.2, 0) is 0 Å². The Bertz CT molecular complexity index is 3530. The van der Waals surface area contributed by atoms with Gasteiger partial charge in [-0.15, -0.1) is 0 Å². The molecule has 266 valence electrons. The summed E-state index contributed by atoms with van der Waals surface area (Å²) < 4.78 is 9.10. The van der Waals surface area contributed by atoms with E-state index in [4.69, 9.17) is 4.42 Å². The van der Waals surface area contributed by atoms with Crippen molar-refractivity contribution in [2.75, 3.05) is 4.90 Å². The van der Waals surface area contributed by atoms with Crippen molar-refractivity contribution in [3.05, 3.63) is 206 Å². The number of hydrogen-bond donors (Lipinski definition) is 0. The monoisotopic (exact) mass is 726 g/mol. The Hall–Kier alpha value is -7.62. The smallest absolute Gasteiger partial charge is 0.137 e. The molecule has 0 aliphatic rings. The van der Waals surface area contributed by atoms with Gasteiger partial charge in [0, 0.05) is 50.1 Å². The number of fused-ring (bicyclic) bond motifs is 11. The second kappa shape index (κ2) is 12.5. The van der Waals surface area contributed by atoms with Crippen molar-refractivity contribution in [2.24, 2.45) is 0 Å². The summed E-state index contributed by atoms with van der Waals surface area (Å²) in [5.74, 6) is 0. The quantitative estimate of drug-likeness (QED) is 0.176. The molecule has 0 aliphatic heterocycles. The van der Waals surface area contributed by atoms with E-state index in [1.54, 1.807) is 0 Å². The third kappa shape index (κ3) is 4.92. The maximum absolute atomic E-state index is 6.65. The molecular weight excluding hydrogens is 693 g/mol. The molecule has 2 heterocycles. The van der Waals surface area contributed by atoms with Gasteiger partial charge >= 0.3 is 0 Å². The van der Waals surface area contributed by atoms with Crippen LogP contribution in [0.5, 0.6) is 0 Å². The van der Waals surface area contributed by atoms with E-state index in [1.807, 2.05) is 0 Å². The van der Waals surface area contributed by atoms with Crippen molar-refractivity contribution in [1.82, 2.24) is 4.57 Å². The molecule has 0 aliphatic carbocycles. The van der Waals surface area contributed by atoms with Gasteiger partial charge in [-0.05, 0) is 98.7 Å². The van der Waals surface area contributed by atoms with Crippen LogP contribution in [0.25, 0.3) is 92.9 Å². The minimum Gasteiger partial charge on any atom is -0.456 e. The first-order valence-corrected chi connectivity index (χ1v) is 19.5. The molecule has 0 saturated heterocycles. The lowest BCUT2D eigenvalue weighted by atomic mass is 10.0. The van der Waals surface area contributed by atoms with Crippen molar-refractivity contribution < 1.29 is 4.42 Å². The Labute approximate surface area is 328 Å². The third-order valence-electron chi connectivity index (χ3n) is 11.7. The van der Waals surface area contributed by atoms with Crippen LogP contribution in [-0.4, -0.2) is 4.57 Å². The Morgan fingerprint density at radius 1 is 0.333 bits per heavy atom. The summed E-state index contributed by atoms with van der Waals surface area (Å²) in [5.41, 5.74) is 10.8. The van der Waals surface area contributed by atoms with Crippen LogP contribution >= 0.6 is 0 Å². The van der Waals surface area contributed by atoms with Crippen LogP contribution < -0.4 is 4.90 Å². The topological polar surface area (TPSA) is 21.3 Å². The zero-order chi connectivity index (χ0) is 37.5. The predicted octanol–water partition coefficient (Wildman–Crippen LogP) is 15.3. The first-order chi connectivity index (χ1) is 28.3. The molecule has 0 bridgehead atoms. The first-order valence-electron chi connectivity index (χ1n) is 19.5. The van der Waals surface area contributed by atoms with E-state index in [1.165, 1.54) is 65.4 Å². The summed E-state index contributed by atoms with van der Waals surface area (Å²) in [4.78, 5) is 2.38. The van der Waals surface area contributed by atoms with Crippen molar-refractivity contribution in [3.8, 4) is 16.8 Å². The van der Waals surface area contributed by atoms with E-state index >= 15 is 0 Å². The van der Waals surface area contributed by atoms with E-state index in [0.717, 1.165) is 44.6 Å². The summed E-state index contributed by atoms with van der Waals surface area (Å²) in [6.07, 6.45) is 0. The fraction of sp³-hybridized carbons (Fsp3) is 0. The van der Waals surface area contributed by atoms with Gasteiger partial charge in [-0.25, -0.2) is 0 Å². The lowest BCUT2D eigenvalue weighted by Crippen LogP contribution is -2.10. The molecule has 0 N–H and O–H groups in total. The van der Waals surface area contributed by atoms with Gasteiger partial charge in [0.05, 0.1) is 16.7 Å². The highest BCUT2D eigenvalue weighted by molar-refractivity contribution is 6.23. The van der Waals surface area contributed by atoms with E-state index in [2.05, 4.69) is 216 Å². The van der Waals surface area contributed by atoms with Crippen molar-refractivity contribution >= 4 is 93.1 Å². The van der Waals surface area contributed by atoms with Gasteiger partial charge in [0.15, 0.2) is 0 Å². The maximum Gasteiger partial charge on any atom is 0.137 e. The number of benzene rings is 10. The molecule has 10 aromatic carbocycles. The highest BCUT2D eigenvalue weighted by atomic mass is 16.3. The van der Waals surface area contributed by atoms with Crippen LogP contribution in [0, 0.1) is 0 Å². The average Bonchev–Trinajstić information content (AvgIpc) is 3.82. The molecule has 0 radical (unpaired) electrons. The number of anilines is 3. The molecule has 2 aromatic heterocycles. The molecule has 0 atom stereocenters. The molecule has 3 heteroatoms. The van der Waals surface area contributed by atoms with Gasteiger partial charge in [0.1, 0.15) is 11.2 Å². The Kier molecular flexibility index (Phi) is 6.93. The fourth-order valence-corrected chi connectivity index (χ4v) is 9.16. The van der Waals surface area contributed by atoms with E-state index in [-0.39, 0.29) is 0 Å². The van der Waals surface area contributed by atoms with Crippen LogP contribution in [0.4, 0.5) is 17.1 Å². The Balaban J connectivity index is 1.14. The molecular formula is C54H34N2O. The molecule has 0 unspecified atom stereocenters. The van der Waals surface area contributed by atoms with E-state index in [0.29, 0.717) is 0 Å². The van der Waals surface area contributed by atoms with Gasteiger partial charge in [0.25, 0.3) is 0 Å². The summed E-state index contributed by atoms with van der Waals surface area (Å²) in [7, 11) is 0. The van der Waals surface area contributed by atoms with E-state index in [9.17, 15) is 0 Å². The number of hydrogen-bond acceptors (Lipinski definition) is 2. The zero-order valence-corrected chi connectivity index (χ0v) is 30.9. The first kappa shape index (κ1) is 31.7. The van der Waals surface area contributed by atoms with Crippen LogP contribution in [0.2, 0.25) is 0 Å². The van der Waals surface area contributed by atoms with Gasteiger partial charge in [-0.1, -0.05) is 140 Å². The minimum atomic E-state index is 0.864. The zero-order valence-electron chi connectivity index (χ0n) is 30.9. The highest BCUT2D eigenvalue weighted by Gasteiger charge is 2.21. The lowest BCUT2D eigenvalue weighted by Gasteiger charge is -2.26. The highest BCUT2D eigenvalue weighted by Crippen LogP contribution is 2.45. The molecule has 0 spiro atoms. The maximum atomic E-state index is 6.65. The van der Waals surface area contributed by atoms with Gasteiger partial charge in [-0.2, -0.15) is 0 Å². The van der Waals surface area contributed by atoms with Crippen LogP contribution in [0.15, 0.2) is 211 Å². The Morgan fingerprint density at radius 3 is 1.75 bits per heavy atom. The average molecular weight is 727 g/mol. The fourth-order valence-electron chi connectivity index (χ4n) is 9.16. The van der Waals surface area contributed by atoms with Gasteiger partial charge in [-0.3, -0.25) is 0 Å². The lowest BCUT2D eigenvalue weighted by molar-refractivity contribution is 0.669. The summed E-state index contributed by atoms with van der Waals surface area (Å²) >= 11 is 0. The number of aromatic nitrogens is 1. The molecule has 0 saturated carbocycles. The summed E-state index contributed by atoms with van der Waals surface area (Å²) in [5, 5.41) is 12.0.